The Bertz CT molecular complexity index is 373. The molecular weight excluding hydrogens is 230 g/mol. The average Bonchev–Trinajstić information content (AvgIpc) is 2.26. The Morgan fingerprint density at radius 3 is 2.47 bits per heavy atom. The van der Waals surface area contributed by atoms with Gasteiger partial charge in [0.25, 0.3) is 0 Å². The third-order valence-electron chi connectivity index (χ3n) is 1.81. The topological polar surface area (TPSA) is 36.4 Å². The molecule has 0 heterocycles. The second kappa shape index (κ2) is 5.68. The molecule has 0 aliphatic carbocycles. The molecule has 15 heavy (non-hydrogen) atoms. The Hall–Kier alpha value is -1.13. The molecule has 0 atom stereocenters. The SMILES string of the molecule is CNC(=S)NN=C(C)c1ccc(Cl)cc1. The van der Waals surface area contributed by atoms with Crippen LogP contribution in [-0.4, -0.2) is 17.9 Å². The highest BCUT2D eigenvalue weighted by Crippen LogP contribution is 2.09. The van der Waals surface area contributed by atoms with Crippen molar-refractivity contribution in [1.29, 1.82) is 0 Å². The molecule has 2 N–H and O–H groups in total. The highest BCUT2D eigenvalue weighted by atomic mass is 35.5. The van der Waals surface area contributed by atoms with Crippen LogP contribution in [0.3, 0.4) is 0 Å². The van der Waals surface area contributed by atoms with Gasteiger partial charge >= 0.3 is 0 Å². The summed E-state index contributed by atoms with van der Waals surface area (Å²) in [6.45, 7) is 1.90. The molecule has 3 nitrogen and oxygen atoms in total. The average molecular weight is 242 g/mol. The number of hydrogen-bond acceptors (Lipinski definition) is 2. The van der Waals surface area contributed by atoms with Gasteiger partial charge < -0.3 is 5.32 Å². The first kappa shape index (κ1) is 11.9. The summed E-state index contributed by atoms with van der Waals surface area (Å²) < 4.78 is 0. The molecule has 0 radical (unpaired) electrons. The predicted octanol–water partition coefficient (Wildman–Crippen LogP) is 2.16. The molecule has 1 aromatic carbocycles. The van der Waals surface area contributed by atoms with Gasteiger partial charge in [0, 0.05) is 12.1 Å². The molecule has 0 spiro atoms. The molecule has 0 amide bonds. The number of hydrogen-bond donors (Lipinski definition) is 2. The van der Waals surface area contributed by atoms with Gasteiger partial charge in [-0.05, 0) is 36.8 Å². The van der Waals surface area contributed by atoms with Crippen molar-refractivity contribution in [2.75, 3.05) is 7.05 Å². The van der Waals surface area contributed by atoms with E-state index in [1.165, 1.54) is 0 Å². The minimum Gasteiger partial charge on any atom is -0.364 e. The second-order valence-corrected chi connectivity index (χ2v) is 3.74. The fraction of sp³-hybridized carbons (Fsp3) is 0.200. The van der Waals surface area contributed by atoms with Crippen LogP contribution in [0.5, 0.6) is 0 Å². The van der Waals surface area contributed by atoms with Crippen LogP contribution < -0.4 is 10.7 Å². The maximum atomic E-state index is 5.78. The Labute approximate surface area is 99.5 Å². The van der Waals surface area contributed by atoms with Gasteiger partial charge in [0.2, 0.25) is 0 Å². The fourth-order valence-corrected chi connectivity index (χ4v) is 1.12. The van der Waals surface area contributed by atoms with E-state index in [0.717, 1.165) is 11.3 Å². The molecular formula is C10H12ClN3S. The van der Waals surface area contributed by atoms with Gasteiger partial charge in [0.15, 0.2) is 5.11 Å². The Morgan fingerprint density at radius 2 is 1.93 bits per heavy atom. The molecule has 80 valence electrons. The highest BCUT2D eigenvalue weighted by Gasteiger charge is 1.97. The van der Waals surface area contributed by atoms with Crippen molar-refractivity contribution in [3.05, 3.63) is 34.9 Å². The maximum absolute atomic E-state index is 5.78. The molecule has 0 fully saturated rings. The minimum absolute atomic E-state index is 0.489. The van der Waals surface area contributed by atoms with E-state index >= 15 is 0 Å². The summed E-state index contributed by atoms with van der Waals surface area (Å²) in [7, 11) is 1.74. The molecule has 0 saturated carbocycles. The lowest BCUT2D eigenvalue weighted by atomic mass is 10.1. The van der Waals surface area contributed by atoms with E-state index in [4.69, 9.17) is 23.8 Å². The first-order chi connectivity index (χ1) is 7.13. The summed E-state index contributed by atoms with van der Waals surface area (Å²) in [5.41, 5.74) is 4.58. The first-order valence-corrected chi connectivity index (χ1v) is 5.20. The largest absolute Gasteiger partial charge is 0.364 e. The van der Waals surface area contributed by atoms with E-state index in [9.17, 15) is 0 Å². The zero-order chi connectivity index (χ0) is 11.3. The molecule has 0 aromatic heterocycles. The lowest BCUT2D eigenvalue weighted by Crippen LogP contribution is -2.29. The summed E-state index contributed by atoms with van der Waals surface area (Å²) in [5, 5.41) is 8.09. The first-order valence-electron chi connectivity index (χ1n) is 4.41. The maximum Gasteiger partial charge on any atom is 0.186 e. The molecule has 1 aromatic rings. The standard InChI is InChI=1S/C10H12ClN3S/c1-7(13-14-10(15)12-2)8-3-5-9(11)6-4-8/h3-6H,1-2H3,(H2,12,14,15). The van der Waals surface area contributed by atoms with Crippen LogP contribution in [0, 0.1) is 0 Å². The molecule has 0 aliphatic rings. The molecule has 1 rings (SSSR count). The van der Waals surface area contributed by atoms with Crippen molar-refractivity contribution in [3.63, 3.8) is 0 Å². The van der Waals surface area contributed by atoms with Gasteiger partial charge in [-0.2, -0.15) is 5.10 Å². The highest BCUT2D eigenvalue weighted by molar-refractivity contribution is 7.80. The molecule has 0 unspecified atom stereocenters. The van der Waals surface area contributed by atoms with Gasteiger partial charge in [-0.15, -0.1) is 0 Å². The number of hydrazone groups is 1. The van der Waals surface area contributed by atoms with Crippen LogP contribution >= 0.6 is 23.8 Å². The van der Waals surface area contributed by atoms with Gasteiger partial charge in [-0.1, -0.05) is 23.7 Å². The van der Waals surface area contributed by atoms with Gasteiger partial charge in [-0.3, -0.25) is 5.43 Å². The normalized spacial score (nSPS) is 11.0. The van der Waals surface area contributed by atoms with E-state index in [-0.39, 0.29) is 0 Å². The zero-order valence-electron chi connectivity index (χ0n) is 8.54. The Morgan fingerprint density at radius 1 is 1.33 bits per heavy atom. The number of rotatable bonds is 2. The Balaban J connectivity index is 2.71. The van der Waals surface area contributed by atoms with E-state index < -0.39 is 0 Å². The van der Waals surface area contributed by atoms with Crippen molar-refractivity contribution in [1.82, 2.24) is 10.7 Å². The van der Waals surface area contributed by atoms with Crippen LogP contribution in [-0.2, 0) is 0 Å². The number of nitrogens with one attached hydrogen (secondary N) is 2. The third-order valence-corrected chi connectivity index (χ3v) is 2.36. The third kappa shape index (κ3) is 3.85. The van der Waals surface area contributed by atoms with E-state index in [2.05, 4.69) is 15.8 Å². The lowest BCUT2D eigenvalue weighted by molar-refractivity contribution is 0.974. The van der Waals surface area contributed by atoms with Crippen LogP contribution in [0.2, 0.25) is 5.02 Å². The van der Waals surface area contributed by atoms with E-state index in [0.29, 0.717) is 10.1 Å². The van der Waals surface area contributed by atoms with Crippen LogP contribution in [0.25, 0.3) is 0 Å². The van der Waals surface area contributed by atoms with Gasteiger partial charge in [0.05, 0.1) is 5.71 Å². The number of benzene rings is 1. The van der Waals surface area contributed by atoms with Gasteiger partial charge in [-0.25, -0.2) is 0 Å². The fourth-order valence-electron chi connectivity index (χ4n) is 0.946. The zero-order valence-corrected chi connectivity index (χ0v) is 10.1. The van der Waals surface area contributed by atoms with Crippen molar-refractivity contribution >= 4 is 34.6 Å². The monoisotopic (exact) mass is 241 g/mol. The molecule has 0 saturated heterocycles. The Kier molecular flexibility index (Phi) is 4.52. The van der Waals surface area contributed by atoms with E-state index in [1.54, 1.807) is 7.05 Å². The molecule has 0 aliphatic heterocycles. The van der Waals surface area contributed by atoms with E-state index in [1.807, 2.05) is 31.2 Å². The summed E-state index contributed by atoms with van der Waals surface area (Å²) in [5.74, 6) is 0. The lowest BCUT2D eigenvalue weighted by Gasteiger charge is -2.03. The number of thiocarbonyl (C=S) groups is 1. The summed E-state index contributed by atoms with van der Waals surface area (Å²) >= 11 is 10.7. The van der Waals surface area contributed by atoms with Crippen molar-refractivity contribution in [2.24, 2.45) is 5.10 Å². The number of nitrogens with zero attached hydrogens (tertiary/aromatic N) is 1. The van der Waals surface area contributed by atoms with Crippen molar-refractivity contribution in [2.45, 2.75) is 6.92 Å². The predicted molar refractivity (Wildman–Crippen MR) is 68.5 cm³/mol. The summed E-state index contributed by atoms with van der Waals surface area (Å²) in [6, 6.07) is 7.47. The molecule has 0 bridgehead atoms. The number of halogens is 1. The summed E-state index contributed by atoms with van der Waals surface area (Å²) in [6.07, 6.45) is 0. The quantitative estimate of drug-likeness (QED) is 0.473. The van der Waals surface area contributed by atoms with Crippen LogP contribution in [0.15, 0.2) is 29.4 Å². The van der Waals surface area contributed by atoms with Crippen LogP contribution in [0.1, 0.15) is 12.5 Å². The van der Waals surface area contributed by atoms with Crippen LogP contribution in [0.4, 0.5) is 0 Å². The summed E-state index contributed by atoms with van der Waals surface area (Å²) in [4.78, 5) is 0. The van der Waals surface area contributed by atoms with Crippen molar-refractivity contribution in [3.8, 4) is 0 Å². The second-order valence-electron chi connectivity index (χ2n) is 2.90. The molecule has 5 heteroatoms. The minimum atomic E-state index is 0.489. The van der Waals surface area contributed by atoms with Crippen molar-refractivity contribution < 1.29 is 0 Å². The van der Waals surface area contributed by atoms with Gasteiger partial charge in [0.1, 0.15) is 0 Å². The smallest absolute Gasteiger partial charge is 0.186 e.